The highest BCUT2D eigenvalue weighted by molar-refractivity contribution is 6.12. The second kappa shape index (κ2) is 7.96. The summed E-state index contributed by atoms with van der Waals surface area (Å²) in [4.78, 5) is 15.2. The molecule has 3 heterocycles. The zero-order chi connectivity index (χ0) is 22.5. The molecule has 0 radical (unpaired) electrons. The SMILES string of the molecule is Cn1c(-c2ccccc2)c(C(=O)NC2CC3CCC(C2)N3CC(F)(F)F)c2ccccc21. The van der Waals surface area contributed by atoms with Crippen LogP contribution < -0.4 is 5.32 Å². The molecule has 2 aromatic carbocycles. The predicted octanol–water partition coefficient (Wildman–Crippen LogP) is 5.13. The fraction of sp³-hybridized carbons (Fsp3) is 0.400. The lowest BCUT2D eigenvalue weighted by Crippen LogP contribution is -2.52. The average molecular weight is 441 g/mol. The maximum Gasteiger partial charge on any atom is 0.401 e. The lowest BCUT2D eigenvalue weighted by molar-refractivity contribution is -0.155. The van der Waals surface area contributed by atoms with E-state index in [1.807, 2.05) is 66.2 Å². The lowest BCUT2D eigenvalue weighted by atomic mass is 9.96. The van der Waals surface area contributed by atoms with Crippen LogP contribution in [0, 0.1) is 0 Å². The molecule has 2 fully saturated rings. The van der Waals surface area contributed by atoms with Crippen LogP contribution in [0.3, 0.4) is 0 Å². The first-order valence-electron chi connectivity index (χ1n) is 11.1. The van der Waals surface area contributed by atoms with Crippen molar-refractivity contribution in [3.63, 3.8) is 0 Å². The fourth-order valence-electron chi connectivity index (χ4n) is 5.67. The number of hydrogen-bond donors (Lipinski definition) is 1. The van der Waals surface area contributed by atoms with E-state index in [0.717, 1.165) is 35.0 Å². The number of benzene rings is 2. The van der Waals surface area contributed by atoms with E-state index in [-0.39, 0.29) is 24.0 Å². The first kappa shape index (κ1) is 21.1. The lowest BCUT2D eigenvalue weighted by Gasteiger charge is -2.39. The highest BCUT2D eigenvalue weighted by atomic mass is 19.4. The van der Waals surface area contributed by atoms with Gasteiger partial charge in [0, 0.05) is 36.1 Å². The predicted molar refractivity (Wildman–Crippen MR) is 118 cm³/mol. The highest BCUT2D eigenvalue weighted by Gasteiger charge is 2.45. The van der Waals surface area contributed by atoms with Crippen molar-refractivity contribution in [1.29, 1.82) is 0 Å². The molecule has 168 valence electrons. The van der Waals surface area contributed by atoms with E-state index in [1.165, 1.54) is 0 Å². The number of amides is 1. The molecular formula is C25H26F3N3O. The summed E-state index contributed by atoms with van der Waals surface area (Å²) in [6, 6.07) is 17.3. The Hall–Kier alpha value is -2.80. The second-order valence-corrected chi connectivity index (χ2v) is 8.98. The van der Waals surface area contributed by atoms with Crippen molar-refractivity contribution in [2.75, 3.05) is 6.54 Å². The molecule has 0 saturated carbocycles. The molecule has 1 N–H and O–H groups in total. The summed E-state index contributed by atoms with van der Waals surface area (Å²) in [5.74, 6) is -0.158. The summed E-state index contributed by atoms with van der Waals surface area (Å²) in [6.45, 7) is -0.857. The van der Waals surface area contributed by atoms with Crippen LogP contribution in [0.4, 0.5) is 13.2 Å². The number of nitrogens with one attached hydrogen (secondary N) is 1. The Bertz CT molecular complexity index is 1120. The molecule has 1 aromatic heterocycles. The van der Waals surface area contributed by atoms with Gasteiger partial charge in [-0.25, -0.2) is 0 Å². The Balaban J connectivity index is 1.43. The van der Waals surface area contributed by atoms with E-state index in [2.05, 4.69) is 5.32 Å². The molecule has 4 nitrogen and oxygen atoms in total. The summed E-state index contributed by atoms with van der Waals surface area (Å²) in [5, 5.41) is 4.05. The average Bonchev–Trinajstić information content (AvgIpc) is 3.16. The highest BCUT2D eigenvalue weighted by Crippen LogP contribution is 2.38. The van der Waals surface area contributed by atoms with Crippen LogP contribution in [0.25, 0.3) is 22.2 Å². The van der Waals surface area contributed by atoms with Gasteiger partial charge in [-0.3, -0.25) is 9.69 Å². The van der Waals surface area contributed by atoms with Crippen LogP contribution in [-0.4, -0.2) is 46.2 Å². The van der Waals surface area contributed by atoms with Gasteiger partial charge < -0.3 is 9.88 Å². The number of aryl methyl sites for hydroxylation is 1. The van der Waals surface area contributed by atoms with Crippen molar-refractivity contribution in [2.24, 2.45) is 7.05 Å². The zero-order valence-corrected chi connectivity index (χ0v) is 17.9. The van der Waals surface area contributed by atoms with E-state index in [1.54, 1.807) is 4.90 Å². The monoisotopic (exact) mass is 441 g/mol. The third-order valence-electron chi connectivity index (χ3n) is 6.96. The molecule has 0 aliphatic carbocycles. The van der Waals surface area contributed by atoms with Gasteiger partial charge in [0.2, 0.25) is 0 Å². The number of rotatable bonds is 4. The molecule has 2 unspecified atom stereocenters. The molecular weight excluding hydrogens is 415 g/mol. The Morgan fingerprint density at radius 3 is 2.28 bits per heavy atom. The minimum Gasteiger partial charge on any atom is -0.349 e. The number of hydrogen-bond acceptors (Lipinski definition) is 2. The maximum absolute atomic E-state index is 13.6. The third-order valence-corrected chi connectivity index (χ3v) is 6.96. The molecule has 2 saturated heterocycles. The van der Waals surface area contributed by atoms with Gasteiger partial charge in [-0.15, -0.1) is 0 Å². The first-order chi connectivity index (χ1) is 15.3. The van der Waals surface area contributed by atoms with Crippen LogP contribution in [0.2, 0.25) is 0 Å². The number of carbonyl (C=O) groups is 1. The van der Waals surface area contributed by atoms with Gasteiger partial charge >= 0.3 is 6.18 Å². The molecule has 2 atom stereocenters. The number of halogens is 3. The standard InChI is InChI=1S/C25H26F3N3O/c1-30-21-10-6-5-9-20(21)22(23(30)16-7-3-2-4-8-16)24(32)29-17-13-18-11-12-19(14-17)31(18)15-25(26,27)28/h2-10,17-19H,11-15H2,1H3,(H,29,32). The number of carbonyl (C=O) groups excluding carboxylic acids is 1. The Morgan fingerprint density at radius 1 is 1.00 bits per heavy atom. The van der Waals surface area contributed by atoms with E-state index < -0.39 is 12.7 Å². The van der Waals surface area contributed by atoms with Crippen LogP contribution in [0.5, 0.6) is 0 Å². The van der Waals surface area contributed by atoms with Crippen molar-refractivity contribution in [2.45, 2.75) is 50.0 Å². The maximum atomic E-state index is 13.6. The molecule has 1 amide bonds. The fourth-order valence-corrected chi connectivity index (χ4v) is 5.67. The van der Waals surface area contributed by atoms with Crippen molar-refractivity contribution in [3.8, 4) is 11.3 Å². The number of aromatic nitrogens is 1. The van der Waals surface area contributed by atoms with Gasteiger partial charge in [-0.05, 0) is 37.3 Å². The van der Waals surface area contributed by atoms with Crippen molar-refractivity contribution in [1.82, 2.24) is 14.8 Å². The van der Waals surface area contributed by atoms with Crippen molar-refractivity contribution >= 4 is 16.8 Å². The molecule has 0 spiro atoms. The normalized spacial score (nSPS) is 23.6. The van der Waals surface area contributed by atoms with E-state index in [9.17, 15) is 18.0 Å². The summed E-state index contributed by atoms with van der Waals surface area (Å²) in [5.41, 5.74) is 3.40. The van der Waals surface area contributed by atoms with Gasteiger partial charge in [0.1, 0.15) is 0 Å². The van der Waals surface area contributed by atoms with Crippen molar-refractivity contribution in [3.05, 3.63) is 60.2 Å². The van der Waals surface area contributed by atoms with E-state index >= 15 is 0 Å². The number of alkyl halides is 3. The molecule has 32 heavy (non-hydrogen) atoms. The van der Waals surface area contributed by atoms with Crippen LogP contribution in [0.1, 0.15) is 36.0 Å². The smallest absolute Gasteiger partial charge is 0.349 e. The van der Waals surface area contributed by atoms with Gasteiger partial charge in [0.25, 0.3) is 5.91 Å². The quantitative estimate of drug-likeness (QED) is 0.609. The minimum absolute atomic E-state index is 0.118. The molecule has 2 aliphatic heterocycles. The number of nitrogens with zero attached hydrogens (tertiary/aromatic N) is 2. The van der Waals surface area contributed by atoms with Gasteiger partial charge in [0.05, 0.1) is 17.8 Å². The van der Waals surface area contributed by atoms with E-state index in [4.69, 9.17) is 0 Å². The zero-order valence-electron chi connectivity index (χ0n) is 17.9. The number of piperidine rings is 1. The Labute approximate surface area is 185 Å². The molecule has 5 rings (SSSR count). The van der Waals surface area contributed by atoms with Gasteiger partial charge in [-0.2, -0.15) is 13.2 Å². The minimum atomic E-state index is -4.19. The molecule has 2 aliphatic rings. The Morgan fingerprint density at radius 2 is 1.62 bits per heavy atom. The van der Waals surface area contributed by atoms with Crippen LogP contribution >= 0.6 is 0 Å². The van der Waals surface area contributed by atoms with Crippen LogP contribution in [0.15, 0.2) is 54.6 Å². The largest absolute Gasteiger partial charge is 0.401 e. The second-order valence-electron chi connectivity index (χ2n) is 8.98. The summed E-state index contributed by atoms with van der Waals surface area (Å²) < 4.78 is 41.0. The first-order valence-corrected chi connectivity index (χ1v) is 11.1. The molecule has 3 aromatic rings. The van der Waals surface area contributed by atoms with Gasteiger partial charge in [-0.1, -0.05) is 48.5 Å². The summed E-state index contributed by atoms with van der Waals surface area (Å²) in [6.07, 6.45) is -1.55. The topological polar surface area (TPSA) is 37.3 Å². The van der Waals surface area contributed by atoms with Gasteiger partial charge in [0.15, 0.2) is 0 Å². The summed E-state index contributed by atoms with van der Waals surface area (Å²) >= 11 is 0. The third kappa shape index (κ3) is 3.79. The van der Waals surface area contributed by atoms with Crippen molar-refractivity contribution < 1.29 is 18.0 Å². The summed E-state index contributed by atoms with van der Waals surface area (Å²) in [7, 11) is 1.96. The Kier molecular flexibility index (Phi) is 5.24. The molecule has 2 bridgehead atoms. The van der Waals surface area contributed by atoms with E-state index in [0.29, 0.717) is 18.4 Å². The number of fused-ring (bicyclic) bond motifs is 3. The van der Waals surface area contributed by atoms with Crippen LogP contribution in [-0.2, 0) is 7.05 Å². The number of para-hydroxylation sites is 1. The molecule has 7 heteroatoms.